The Morgan fingerprint density at radius 1 is 1.30 bits per heavy atom. The van der Waals surface area contributed by atoms with Gasteiger partial charge in [-0.05, 0) is 18.2 Å². The highest BCUT2D eigenvalue weighted by atomic mass is 32.1. The largest absolute Gasteiger partial charge is 0.507 e. The van der Waals surface area contributed by atoms with Gasteiger partial charge in [-0.25, -0.2) is 9.78 Å². The summed E-state index contributed by atoms with van der Waals surface area (Å²) in [6.07, 6.45) is -3.37. The molecule has 142 valence electrons. The van der Waals surface area contributed by atoms with Crippen LogP contribution in [0.1, 0.15) is 22.5 Å². The standard InChI is InChI=1S/C16H12F3N3O4S/c17-16(18,19)15(26)7-10(6-5-9-3-1-2-4-12(9)23)21-22(15)14-20-11(8-27-14)13(24)25/h1-6,8,23,26H,7H2,(H,24,25)/b6-5+/t15-/m1/s1. The summed E-state index contributed by atoms with van der Waals surface area (Å²) in [6.45, 7) is 0. The number of benzene rings is 1. The number of hydrogen-bond donors (Lipinski definition) is 3. The van der Waals surface area contributed by atoms with Gasteiger partial charge in [0.2, 0.25) is 5.13 Å². The summed E-state index contributed by atoms with van der Waals surface area (Å²) in [5.41, 5.74) is -3.58. The molecule has 3 rings (SSSR count). The number of nitrogens with zero attached hydrogens (tertiary/aromatic N) is 3. The maximum absolute atomic E-state index is 13.5. The number of hydrazone groups is 1. The quantitative estimate of drug-likeness (QED) is 0.730. The van der Waals surface area contributed by atoms with Crippen LogP contribution >= 0.6 is 11.3 Å². The molecule has 0 bridgehead atoms. The van der Waals surface area contributed by atoms with Gasteiger partial charge in [0, 0.05) is 10.9 Å². The molecule has 0 fully saturated rings. The van der Waals surface area contributed by atoms with E-state index in [-0.39, 0.29) is 16.5 Å². The van der Waals surface area contributed by atoms with E-state index in [0.717, 1.165) is 5.38 Å². The molecule has 1 atom stereocenters. The first-order valence-corrected chi connectivity index (χ1v) is 8.31. The van der Waals surface area contributed by atoms with E-state index in [1.807, 2.05) is 0 Å². The van der Waals surface area contributed by atoms with Crippen LogP contribution in [0.15, 0.2) is 40.8 Å². The fourth-order valence-corrected chi connectivity index (χ4v) is 3.18. The molecule has 0 saturated carbocycles. The zero-order chi connectivity index (χ0) is 19.8. The van der Waals surface area contributed by atoms with Gasteiger partial charge in [0.05, 0.1) is 12.1 Å². The van der Waals surface area contributed by atoms with E-state index in [9.17, 15) is 28.2 Å². The molecule has 11 heteroatoms. The molecule has 2 heterocycles. The second-order valence-electron chi connectivity index (χ2n) is 5.61. The molecule has 0 amide bonds. The fraction of sp³-hybridized carbons (Fsp3) is 0.188. The number of phenolic OH excluding ortho intramolecular Hbond substituents is 1. The number of carboxylic acids is 1. The predicted octanol–water partition coefficient (Wildman–Crippen LogP) is 3.08. The zero-order valence-corrected chi connectivity index (χ0v) is 14.2. The van der Waals surface area contributed by atoms with Gasteiger partial charge >= 0.3 is 12.1 Å². The van der Waals surface area contributed by atoms with Crippen molar-refractivity contribution in [1.29, 1.82) is 0 Å². The van der Waals surface area contributed by atoms with Crippen molar-refractivity contribution in [2.75, 3.05) is 5.01 Å². The van der Waals surface area contributed by atoms with Crippen molar-refractivity contribution in [3.05, 3.63) is 47.0 Å². The Kier molecular flexibility index (Phi) is 4.66. The van der Waals surface area contributed by atoms with Crippen LogP contribution in [-0.2, 0) is 0 Å². The van der Waals surface area contributed by atoms with Crippen LogP contribution in [0.25, 0.3) is 6.08 Å². The molecule has 1 aliphatic rings. The van der Waals surface area contributed by atoms with Crippen molar-refractivity contribution in [3.8, 4) is 5.75 Å². The number of hydrogen-bond acceptors (Lipinski definition) is 7. The monoisotopic (exact) mass is 399 g/mol. The number of alkyl halides is 3. The summed E-state index contributed by atoms with van der Waals surface area (Å²) in [5, 5.41) is 33.5. The number of aromatic carboxylic acids is 1. The van der Waals surface area contributed by atoms with E-state index in [1.54, 1.807) is 18.2 Å². The van der Waals surface area contributed by atoms with Crippen LogP contribution in [0.3, 0.4) is 0 Å². The normalized spacial score (nSPS) is 20.3. The molecule has 1 aromatic heterocycles. The number of allylic oxidation sites excluding steroid dienone is 1. The summed E-state index contributed by atoms with van der Waals surface area (Å²) in [7, 11) is 0. The molecule has 3 N–H and O–H groups in total. The van der Waals surface area contributed by atoms with Crippen molar-refractivity contribution in [2.24, 2.45) is 5.10 Å². The second-order valence-corrected chi connectivity index (χ2v) is 6.44. The highest BCUT2D eigenvalue weighted by molar-refractivity contribution is 7.14. The Morgan fingerprint density at radius 2 is 2.00 bits per heavy atom. The molecule has 0 spiro atoms. The fourth-order valence-electron chi connectivity index (χ4n) is 2.36. The van der Waals surface area contributed by atoms with Crippen molar-refractivity contribution in [3.63, 3.8) is 0 Å². The summed E-state index contributed by atoms with van der Waals surface area (Å²) < 4.78 is 40.4. The third-order valence-electron chi connectivity index (χ3n) is 3.74. The smallest absolute Gasteiger partial charge is 0.438 e. The average Bonchev–Trinajstić information content (AvgIpc) is 3.19. The third kappa shape index (κ3) is 3.51. The predicted molar refractivity (Wildman–Crippen MR) is 91.7 cm³/mol. The van der Waals surface area contributed by atoms with E-state index in [0.29, 0.717) is 16.9 Å². The van der Waals surface area contributed by atoms with Gasteiger partial charge in [-0.15, -0.1) is 11.3 Å². The van der Waals surface area contributed by atoms with E-state index < -0.39 is 35.1 Å². The second kappa shape index (κ2) is 6.67. The van der Waals surface area contributed by atoms with Gasteiger partial charge < -0.3 is 15.3 Å². The van der Waals surface area contributed by atoms with Crippen LogP contribution in [0, 0.1) is 0 Å². The number of aliphatic hydroxyl groups is 1. The molecule has 7 nitrogen and oxygen atoms in total. The van der Waals surface area contributed by atoms with Gasteiger partial charge in [-0.1, -0.05) is 18.2 Å². The van der Waals surface area contributed by atoms with E-state index in [1.165, 1.54) is 18.2 Å². The Hall–Kier alpha value is -2.92. The van der Waals surface area contributed by atoms with Gasteiger partial charge in [0.1, 0.15) is 5.75 Å². The molecule has 0 radical (unpaired) electrons. The molecule has 27 heavy (non-hydrogen) atoms. The molecule has 0 unspecified atom stereocenters. The SMILES string of the molecule is O=C(O)c1csc(N2N=C(/C=C/c3ccccc3O)C[C@@]2(O)C(F)(F)F)n1. The first-order chi connectivity index (χ1) is 12.6. The maximum Gasteiger partial charge on any atom is 0.438 e. The van der Waals surface area contributed by atoms with Crippen LogP contribution < -0.4 is 5.01 Å². The van der Waals surface area contributed by atoms with Gasteiger partial charge in [-0.2, -0.15) is 23.3 Å². The summed E-state index contributed by atoms with van der Waals surface area (Å²) in [4.78, 5) is 14.5. The number of aromatic hydroxyl groups is 1. The van der Waals surface area contributed by atoms with Gasteiger partial charge in [0.25, 0.3) is 5.72 Å². The van der Waals surface area contributed by atoms with Crippen molar-refractivity contribution < 1.29 is 33.3 Å². The number of carbonyl (C=O) groups is 1. The van der Waals surface area contributed by atoms with E-state index in [2.05, 4.69) is 10.1 Å². The average molecular weight is 399 g/mol. The molecule has 0 aliphatic carbocycles. The molecular formula is C16H12F3N3O4S. The Bertz CT molecular complexity index is 941. The van der Waals surface area contributed by atoms with Crippen LogP contribution in [0.5, 0.6) is 5.75 Å². The van der Waals surface area contributed by atoms with E-state index >= 15 is 0 Å². The van der Waals surface area contributed by atoms with E-state index in [4.69, 9.17) is 5.11 Å². The highest BCUT2D eigenvalue weighted by Gasteiger charge is 2.62. The third-order valence-corrected chi connectivity index (χ3v) is 4.56. The molecule has 1 aromatic carbocycles. The number of thiazole rings is 1. The van der Waals surface area contributed by atoms with Crippen molar-refractivity contribution >= 4 is 34.2 Å². The molecule has 0 saturated heterocycles. The number of aromatic nitrogens is 1. The van der Waals surface area contributed by atoms with Crippen LogP contribution in [0.2, 0.25) is 0 Å². The lowest BCUT2D eigenvalue weighted by molar-refractivity contribution is -0.254. The lowest BCUT2D eigenvalue weighted by atomic mass is 10.1. The van der Waals surface area contributed by atoms with Gasteiger partial charge in [0.15, 0.2) is 5.69 Å². The lowest BCUT2D eigenvalue weighted by Gasteiger charge is -2.32. The Balaban J connectivity index is 1.97. The minimum absolute atomic E-state index is 0.0682. The summed E-state index contributed by atoms with van der Waals surface area (Å²) in [5.74, 6) is -1.47. The van der Waals surface area contributed by atoms with Gasteiger partial charge in [-0.3, -0.25) is 0 Å². The molecular weight excluding hydrogens is 387 g/mol. The Labute approximate surface area is 154 Å². The minimum atomic E-state index is -5.07. The summed E-state index contributed by atoms with van der Waals surface area (Å²) in [6, 6.07) is 6.19. The number of phenols is 1. The summed E-state index contributed by atoms with van der Waals surface area (Å²) >= 11 is 0.615. The Morgan fingerprint density at radius 3 is 2.59 bits per heavy atom. The topological polar surface area (TPSA) is 106 Å². The zero-order valence-electron chi connectivity index (χ0n) is 13.4. The maximum atomic E-state index is 13.5. The molecule has 2 aromatic rings. The lowest BCUT2D eigenvalue weighted by Crippen LogP contribution is -2.55. The number of anilines is 1. The number of carboxylic acid groups (broad SMARTS) is 1. The minimum Gasteiger partial charge on any atom is -0.507 e. The molecule has 1 aliphatic heterocycles. The number of halogens is 3. The van der Waals surface area contributed by atoms with Crippen LogP contribution in [0.4, 0.5) is 18.3 Å². The van der Waals surface area contributed by atoms with Crippen molar-refractivity contribution in [1.82, 2.24) is 4.98 Å². The number of rotatable bonds is 4. The van der Waals surface area contributed by atoms with Crippen molar-refractivity contribution in [2.45, 2.75) is 18.3 Å². The first kappa shape index (κ1) is 18.9. The highest BCUT2D eigenvalue weighted by Crippen LogP contribution is 2.43. The number of para-hydroxylation sites is 1. The van der Waals surface area contributed by atoms with Crippen LogP contribution in [-0.4, -0.2) is 43.9 Å². The first-order valence-electron chi connectivity index (χ1n) is 7.43.